The predicted molar refractivity (Wildman–Crippen MR) is 117 cm³/mol. The Kier molecular flexibility index (Phi) is 6.82. The molecule has 6 heteroatoms. The molecule has 1 saturated heterocycles. The number of rotatable bonds is 6. The van der Waals surface area contributed by atoms with Gasteiger partial charge in [0, 0.05) is 11.5 Å². The fourth-order valence-electron chi connectivity index (χ4n) is 3.92. The van der Waals surface area contributed by atoms with Crippen LogP contribution in [0.3, 0.4) is 0 Å². The van der Waals surface area contributed by atoms with Crippen LogP contribution in [0.25, 0.3) is 22.3 Å². The maximum Gasteiger partial charge on any atom is 0.201 e. The molecule has 1 fully saturated rings. The molecule has 1 aliphatic rings. The first-order valence-corrected chi connectivity index (χ1v) is 10.7. The van der Waals surface area contributed by atoms with Crippen molar-refractivity contribution in [2.24, 2.45) is 0 Å². The molecule has 0 bridgehead atoms. The van der Waals surface area contributed by atoms with Gasteiger partial charge in [-0.05, 0) is 46.9 Å². The summed E-state index contributed by atoms with van der Waals surface area (Å²) in [6.07, 6.45) is 1.59. The Labute approximate surface area is 185 Å². The van der Waals surface area contributed by atoms with Gasteiger partial charge in [-0.3, -0.25) is 0 Å². The third-order valence-electron chi connectivity index (χ3n) is 5.73. The highest BCUT2D eigenvalue weighted by Gasteiger charge is 2.25. The van der Waals surface area contributed by atoms with E-state index in [9.17, 15) is 13.2 Å². The summed E-state index contributed by atoms with van der Waals surface area (Å²) in [5.74, 6) is -2.60. The second-order valence-electron chi connectivity index (χ2n) is 7.84. The summed E-state index contributed by atoms with van der Waals surface area (Å²) in [5.41, 5.74) is 2.68. The van der Waals surface area contributed by atoms with Crippen molar-refractivity contribution >= 4 is 0 Å². The summed E-state index contributed by atoms with van der Waals surface area (Å²) in [4.78, 5) is 0. The monoisotopic (exact) mass is 442 g/mol. The Morgan fingerprint density at radius 1 is 0.844 bits per heavy atom. The third-order valence-corrected chi connectivity index (χ3v) is 5.73. The lowest BCUT2D eigenvalue weighted by molar-refractivity contribution is -0.190. The first-order valence-electron chi connectivity index (χ1n) is 10.7. The van der Waals surface area contributed by atoms with Crippen LogP contribution < -0.4 is 4.74 Å². The van der Waals surface area contributed by atoms with Gasteiger partial charge in [-0.15, -0.1) is 0 Å². The van der Waals surface area contributed by atoms with Gasteiger partial charge in [-0.25, -0.2) is 8.78 Å². The van der Waals surface area contributed by atoms with E-state index >= 15 is 0 Å². The number of hydrogen-bond acceptors (Lipinski definition) is 3. The van der Waals surface area contributed by atoms with Crippen molar-refractivity contribution < 1.29 is 27.4 Å². The minimum atomic E-state index is -1.02. The maximum absolute atomic E-state index is 14.9. The minimum absolute atomic E-state index is 0.134. The molecule has 0 aliphatic carbocycles. The maximum atomic E-state index is 14.9. The van der Waals surface area contributed by atoms with Crippen LogP contribution in [-0.2, 0) is 9.47 Å². The molecule has 0 radical (unpaired) electrons. The van der Waals surface area contributed by atoms with E-state index in [1.165, 1.54) is 25.3 Å². The van der Waals surface area contributed by atoms with Crippen molar-refractivity contribution in [1.29, 1.82) is 0 Å². The average Bonchev–Trinajstić information content (AvgIpc) is 2.82. The van der Waals surface area contributed by atoms with Crippen LogP contribution >= 0.6 is 0 Å². The molecule has 0 aromatic heterocycles. The van der Waals surface area contributed by atoms with Crippen LogP contribution in [-0.4, -0.2) is 26.6 Å². The fourth-order valence-corrected chi connectivity index (χ4v) is 3.92. The Morgan fingerprint density at radius 2 is 1.50 bits per heavy atom. The average molecular weight is 442 g/mol. The first kappa shape index (κ1) is 22.4. The van der Waals surface area contributed by atoms with Gasteiger partial charge in [-0.2, -0.15) is 4.39 Å². The van der Waals surface area contributed by atoms with Gasteiger partial charge >= 0.3 is 0 Å². The number of halogens is 3. The molecule has 0 atom stereocenters. The molecule has 3 aromatic rings. The SMILES string of the molecule is CCCC1OCC(c2ccc(-c3ccc(-c4ccc(OC)c(F)c4F)cc3)cc2F)CO1. The van der Waals surface area contributed by atoms with Crippen LogP contribution in [0.4, 0.5) is 13.2 Å². The molecule has 3 nitrogen and oxygen atoms in total. The standard InChI is InChI=1S/C26H25F3O3/c1-3-4-24-31-14-19(15-32-24)20-10-9-18(13-22(20)27)16-5-7-17(8-6-16)21-11-12-23(30-2)26(29)25(21)28/h5-13,19,24H,3-4,14-15H2,1-2H3. The van der Waals surface area contributed by atoms with Crippen molar-refractivity contribution in [2.45, 2.75) is 32.0 Å². The van der Waals surface area contributed by atoms with Gasteiger partial charge in [0.2, 0.25) is 5.82 Å². The van der Waals surface area contributed by atoms with E-state index in [1.54, 1.807) is 30.3 Å². The molecule has 4 rings (SSSR count). The zero-order valence-electron chi connectivity index (χ0n) is 18.0. The summed E-state index contributed by atoms with van der Waals surface area (Å²) in [6.45, 7) is 2.93. The van der Waals surface area contributed by atoms with Gasteiger partial charge < -0.3 is 14.2 Å². The van der Waals surface area contributed by atoms with Crippen LogP contribution in [0.5, 0.6) is 5.75 Å². The zero-order valence-corrected chi connectivity index (χ0v) is 18.0. The second-order valence-corrected chi connectivity index (χ2v) is 7.84. The second kappa shape index (κ2) is 9.76. The summed E-state index contributed by atoms with van der Waals surface area (Å²) in [6, 6.07) is 14.8. The lowest BCUT2D eigenvalue weighted by Gasteiger charge is -2.29. The van der Waals surface area contributed by atoms with Gasteiger partial charge in [0.25, 0.3) is 0 Å². The number of methoxy groups -OCH3 is 1. The number of benzene rings is 3. The third kappa shape index (κ3) is 4.52. The Morgan fingerprint density at radius 3 is 2.12 bits per heavy atom. The number of hydrogen-bond donors (Lipinski definition) is 0. The zero-order chi connectivity index (χ0) is 22.7. The fraction of sp³-hybridized carbons (Fsp3) is 0.308. The molecule has 32 heavy (non-hydrogen) atoms. The van der Waals surface area contributed by atoms with Gasteiger partial charge in [0.05, 0.1) is 20.3 Å². The van der Waals surface area contributed by atoms with Crippen molar-refractivity contribution in [3.05, 3.63) is 77.6 Å². The van der Waals surface area contributed by atoms with Crippen LogP contribution in [0.2, 0.25) is 0 Å². The smallest absolute Gasteiger partial charge is 0.201 e. The molecule has 168 valence electrons. The molecule has 0 spiro atoms. The summed E-state index contributed by atoms with van der Waals surface area (Å²) < 4.78 is 59.5. The Hall–Kier alpha value is -2.83. The van der Waals surface area contributed by atoms with Crippen LogP contribution in [0, 0.1) is 17.5 Å². The molecular formula is C26H25F3O3. The molecule has 0 unspecified atom stereocenters. The molecule has 3 aromatic carbocycles. The molecule has 0 amide bonds. The Bertz CT molecular complexity index is 1070. The highest BCUT2D eigenvalue weighted by Crippen LogP contribution is 2.33. The van der Waals surface area contributed by atoms with Crippen molar-refractivity contribution in [2.75, 3.05) is 20.3 Å². The van der Waals surface area contributed by atoms with E-state index in [0.29, 0.717) is 29.9 Å². The molecule has 0 N–H and O–H groups in total. The van der Waals surface area contributed by atoms with E-state index in [2.05, 4.69) is 6.92 Å². The van der Waals surface area contributed by atoms with Gasteiger partial charge in [-0.1, -0.05) is 49.7 Å². The van der Waals surface area contributed by atoms with E-state index in [0.717, 1.165) is 18.4 Å². The molecule has 1 heterocycles. The van der Waals surface area contributed by atoms with Crippen LogP contribution in [0.1, 0.15) is 31.2 Å². The topological polar surface area (TPSA) is 27.7 Å². The normalized spacial score (nSPS) is 18.5. The summed E-state index contributed by atoms with van der Waals surface area (Å²) >= 11 is 0. The lowest BCUT2D eigenvalue weighted by atomic mass is 9.95. The first-order chi connectivity index (χ1) is 15.5. The number of ether oxygens (including phenoxy) is 3. The van der Waals surface area contributed by atoms with Gasteiger partial charge in [0.1, 0.15) is 5.82 Å². The Balaban J connectivity index is 1.52. The highest BCUT2D eigenvalue weighted by atomic mass is 19.2. The highest BCUT2D eigenvalue weighted by molar-refractivity contribution is 5.71. The minimum Gasteiger partial charge on any atom is -0.494 e. The van der Waals surface area contributed by atoms with Crippen LogP contribution in [0.15, 0.2) is 54.6 Å². The molecule has 1 aliphatic heterocycles. The van der Waals surface area contributed by atoms with E-state index in [-0.39, 0.29) is 29.3 Å². The largest absolute Gasteiger partial charge is 0.494 e. The van der Waals surface area contributed by atoms with E-state index in [4.69, 9.17) is 14.2 Å². The molecule has 0 saturated carbocycles. The molecular weight excluding hydrogens is 417 g/mol. The lowest BCUT2D eigenvalue weighted by Crippen LogP contribution is -2.31. The van der Waals surface area contributed by atoms with Gasteiger partial charge in [0.15, 0.2) is 17.9 Å². The van der Waals surface area contributed by atoms with E-state index in [1.807, 2.05) is 6.07 Å². The summed E-state index contributed by atoms with van der Waals surface area (Å²) in [7, 11) is 1.29. The quantitative estimate of drug-likeness (QED) is 0.425. The summed E-state index contributed by atoms with van der Waals surface area (Å²) in [5, 5.41) is 0. The van der Waals surface area contributed by atoms with Crippen molar-refractivity contribution in [3.63, 3.8) is 0 Å². The van der Waals surface area contributed by atoms with Crippen molar-refractivity contribution in [1.82, 2.24) is 0 Å². The predicted octanol–water partition coefficient (Wildman–Crippen LogP) is 6.70. The van der Waals surface area contributed by atoms with E-state index < -0.39 is 11.6 Å². The van der Waals surface area contributed by atoms with Crippen molar-refractivity contribution in [3.8, 4) is 28.0 Å².